The van der Waals surface area contributed by atoms with Crippen LogP contribution in [0.25, 0.3) is 11.1 Å². The maximum atomic E-state index is 8.88. The van der Waals surface area contributed by atoms with Gasteiger partial charge in [0.2, 0.25) is 0 Å². The largest absolute Gasteiger partial charge is 0.192 e. The van der Waals surface area contributed by atoms with Gasteiger partial charge in [0.05, 0.1) is 11.6 Å². The fraction of sp³-hybridized carbons (Fsp3) is 0.348. The van der Waals surface area contributed by atoms with Crippen molar-refractivity contribution in [2.45, 2.75) is 38.5 Å². The van der Waals surface area contributed by atoms with Crippen molar-refractivity contribution in [3.63, 3.8) is 0 Å². The summed E-state index contributed by atoms with van der Waals surface area (Å²) in [4.78, 5) is 0. The quantitative estimate of drug-likeness (QED) is 0.588. The van der Waals surface area contributed by atoms with Crippen LogP contribution >= 0.6 is 11.6 Å². The Morgan fingerprint density at radius 2 is 1.52 bits per heavy atom. The summed E-state index contributed by atoms with van der Waals surface area (Å²) in [6, 6.07) is 18.8. The molecule has 0 radical (unpaired) electrons. The smallest absolute Gasteiger partial charge is 0.0991 e. The van der Waals surface area contributed by atoms with E-state index in [1.807, 2.05) is 24.3 Å². The monoisotopic (exact) mass is 349 g/mol. The minimum absolute atomic E-state index is 0.695. The topological polar surface area (TPSA) is 23.8 Å². The molecule has 0 saturated heterocycles. The Kier molecular flexibility index (Phi) is 6.31. The van der Waals surface area contributed by atoms with Crippen LogP contribution in [0.2, 0.25) is 0 Å². The molecule has 2 aromatic rings. The molecule has 0 unspecified atom stereocenters. The number of nitriles is 1. The number of allylic oxidation sites excluding steroid dienone is 1. The highest BCUT2D eigenvalue weighted by atomic mass is 35.5. The molecule has 1 aliphatic rings. The first-order chi connectivity index (χ1) is 12.3. The lowest BCUT2D eigenvalue weighted by Gasteiger charge is -2.26. The van der Waals surface area contributed by atoms with E-state index in [0.717, 1.165) is 17.9 Å². The van der Waals surface area contributed by atoms with Crippen LogP contribution in [0, 0.1) is 23.2 Å². The zero-order valence-corrected chi connectivity index (χ0v) is 15.3. The summed E-state index contributed by atoms with van der Waals surface area (Å²) in [6.07, 6.45) is 9.82. The molecule has 0 aromatic heterocycles. The van der Waals surface area contributed by atoms with E-state index in [9.17, 15) is 0 Å². The van der Waals surface area contributed by atoms with E-state index in [0.29, 0.717) is 11.5 Å². The summed E-state index contributed by atoms with van der Waals surface area (Å²) >= 11 is 5.69. The van der Waals surface area contributed by atoms with Crippen LogP contribution in [-0.4, -0.2) is 0 Å². The lowest BCUT2D eigenvalue weighted by molar-refractivity contribution is 0.296. The zero-order chi connectivity index (χ0) is 17.5. The highest BCUT2D eigenvalue weighted by Gasteiger charge is 2.19. The maximum Gasteiger partial charge on any atom is 0.0991 e. The van der Waals surface area contributed by atoms with Crippen LogP contribution < -0.4 is 0 Å². The lowest BCUT2D eigenvalue weighted by atomic mass is 9.79. The molecule has 2 aromatic carbocycles. The van der Waals surface area contributed by atoms with Crippen LogP contribution in [0.5, 0.6) is 0 Å². The Labute approximate surface area is 156 Å². The van der Waals surface area contributed by atoms with E-state index in [-0.39, 0.29) is 0 Å². The van der Waals surface area contributed by atoms with Crippen molar-refractivity contribution in [2.24, 2.45) is 11.8 Å². The predicted octanol–water partition coefficient (Wildman–Crippen LogP) is 6.72. The minimum Gasteiger partial charge on any atom is -0.192 e. The second-order valence-corrected chi connectivity index (χ2v) is 7.28. The van der Waals surface area contributed by atoms with Gasteiger partial charge in [-0.1, -0.05) is 54.1 Å². The lowest BCUT2D eigenvalue weighted by Crippen LogP contribution is -2.13. The Bertz CT molecular complexity index is 729. The Morgan fingerprint density at radius 3 is 2.08 bits per heavy atom. The molecule has 0 bridgehead atoms. The fourth-order valence-corrected chi connectivity index (χ4v) is 3.95. The molecule has 0 N–H and O–H groups in total. The molecule has 2 heteroatoms. The molecule has 1 saturated carbocycles. The first kappa shape index (κ1) is 17.8. The van der Waals surface area contributed by atoms with Crippen molar-refractivity contribution in [3.8, 4) is 17.2 Å². The number of hydrogen-bond acceptors (Lipinski definition) is 1. The zero-order valence-electron chi connectivity index (χ0n) is 14.5. The number of nitrogens with zero attached hydrogens (tertiary/aromatic N) is 1. The molecule has 0 amide bonds. The van der Waals surface area contributed by atoms with Gasteiger partial charge in [-0.3, -0.25) is 0 Å². The van der Waals surface area contributed by atoms with Gasteiger partial charge in [-0.25, -0.2) is 0 Å². The number of aryl methyl sites for hydroxylation is 1. The predicted molar refractivity (Wildman–Crippen MR) is 105 cm³/mol. The molecule has 128 valence electrons. The molecular formula is C23H24ClN. The van der Waals surface area contributed by atoms with E-state index in [2.05, 4.69) is 36.4 Å². The molecule has 0 atom stereocenters. The van der Waals surface area contributed by atoms with Gasteiger partial charge in [0.15, 0.2) is 0 Å². The molecule has 1 fully saturated rings. The van der Waals surface area contributed by atoms with E-state index in [1.54, 1.807) is 5.54 Å². The molecule has 3 rings (SSSR count). The highest BCUT2D eigenvalue weighted by Crippen LogP contribution is 2.32. The van der Waals surface area contributed by atoms with Gasteiger partial charge in [-0.2, -0.15) is 5.26 Å². The van der Waals surface area contributed by atoms with E-state index < -0.39 is 0 Å². The van der Waals surface area contributed by atoms with Crippen LogP contribution in [0.15, 0.2) is 60.1 Å². The third kappa shape index (κ3) is 4.97. The standard InChI is InChI=1S/C23H24ClN/c24-16-15-20-5-3-18(4-6-20)1-2-19-7-11-22(12-8-19)23-13-9-21(17-25)10-14-23/h7-16,18,20H,1-6H2/b16-15+/t18-,20-. The van der Waals surface area contributed by atoms with Crippen molar-refractivity contribution < 1.29 is 0 Å². The van der Waals surface area contributed by atoms with Crippen molar-refractivity contribution in [1.29, 1.82) is 5.26 Å². The number of halogens is 1. The Morgan fingerprint density at radius 1 is 0.920 bits per heavy atom. The van der Waals surface area contributed by atoms with E-state index in [4.69, 9.17) is 16.9 Å². The van der Waals surface area contributed by atoms with Crippen molar-refractivity contribution in [1.82, 2.24) is 0 Å². The molecule has 1 nitrogen and oxygen atoms in total. The third-order valence-corrected chi connectivity index (χ3v) is 5.52. The van der Waals surface area contributed by atoms with Gasteiger partial charge >= 0.3 is 0 Å². The second kappa shape index (κ2) is 8.88. The Hall–Kier alpha value is -2.04. The normalized spacial score (nSPS) is 20.5. The summed E-state index contributed by atoms with van der Waals surface area (Å²) in [5, 5.41) is 8.88. The number of rotatable bonds is 5. The van der Waals surface area contributed by atoms with E-state index in [1.165, 1.54) is 43.2 Å². The van der Waals surface area contributed by atoms with Crippen LogP contribution in [0.4, 0.5) is 0 Å². The van der Waals surface area contributed by atoms with Gasteiger partial charge in [0.1, 0.15) is 0 Å². The summed E-state index contributed by atoms with van der Waals surface area (Å²) in [6.45, 7) is 0. The van der Waals surface area contributed by atoms with Crippen LogP contribution in [-0.2, 0) is 6.42 Å². The van der Waals surface area contributed by atoms with Gasteiger partial charge in [0, 0.05) is 5.54 Å². The molecule has 25 heavy (non-hydrogen) atoms. The van der Waals surface area contributed by atoms with Gasteiger partial charge in [0.25, 0.3) is 0 Å². The average Bonchev–Trinajstić information content (AvgIpc) is 2.68. The molecule has 0 spiro atoms. The SMILES string of the molecule is N#Cc1ccc(-c2ccc(CC[C@H]3CC[C@H](/C=C/Cl)CC3)cc2)cc1. The average molecular weight is 350 g/mol. The molecule has 0 heterocycles. The Balaban J connectivity index is 1.52. The number of hydrogen-bond donors (Lipinski definition) is 0. The second-order valence-electron chi connectivity index (χ2n) is 7.02. The van der Waals surface area contributed by atoms with Crippen molar-refractivity contribution >= 4 is 11.6 Å². The first-order valence-corrected chi connectivity index (χ1v) is 9.58. The molecular weight excluding hydrogens is 326 g/mol. The highest BCUT2D eigenvalue weighted by molar-refractivity contribution is 6.25. The van der Waals surface area contributed by atoms with Gasteiger partial charge in [-0.05, 0) is 79.2 Å². The third-order valence-electron chi connectivity index (χ3n) is 5.38. The summed E-state index contributed by atoms with van der Waals surface area (Å²) < 4.78 is 0. The van der Waals surface area contributed by atoms with Crippen molar-refractivity contribution in [3.05, 3.63) is 71.3 Å². The van der Waals surface area contributed by atoms with Crippen LogP contribution in [0.3, 0.4) is 0 Å². The molecule has 0 aliphatic heterocycles. The van der Waals surface area contributed by atoms with Gasteiger partial charge < -0.3 is 0 Å². The van der Waals surface area contributed by atoms with Crippen LogP contribution in [0.1, 0.15) is 43.2 Å². The van der Waals surface area contributed by atoms with Gasteiger partial charge in [-0.15, -0.1) is 0 Å². The molecule has 1 aliphatic carbocycles. The maximum absolute atomic E-state index is 8.88. The number of benzene rings is 2. The summed E-state index contributed by atoms with van der Waals surface area (Å²) in [5.41, 5.74) is 6.18. The minimum atomic E-state index is 0.695. The first-order valence-electron chi connectivity index (χ1n) is 9.15. The van der Waals surface area contributed by atoms with E-state index >= 15 is 0 Å². The van der Waals surface area contributed by atoms with Crippen molar-refractivity contribution in [2.75, 3.05) is 0 Å². The summed E-state index contributed by atoms with van der Waals surface area (Å²) in [7, 11) is 0. The fourth-order valence-electron chi connectivity index (χ4n) is 3.74. The summed E-state index contributed by atoms with van der Waals surface area (Å²) in [5.74, 6) is 1.55.